The maximum Gasteiger partial charge on any atom is 0.142 e. The van der Waals surface area contributed by atoms with Crippen LogP contribution in [0.5, 0.6) is 5.75 Å². The van der Waals surface area contributed by atoms with Crippen LogP contribution in [0.2, 0.25) is 10.0 Å². The Labute approximate surface area is 122 Å². The van der Waals surface area contributed by atoms with Crippen molar-refractivity contribution in [3.05, 3.63) is 27.7 Å². The van der Waals surface area contributed by atoms with Gasteiger partial charge in [-0.3, -0.25) is 0 Å². The van der Waals surface area contributed by atoms with Crippen molar-refractivity contribution in [2.75, 3.05) is 18.1 Å². The first-order chi connectivity index (χ1) is 8.19. The molecule has 0 amide bonds. The lowest BCUT2D eigenvalue weighted by Gasteiger charge is -2.12. The van der Waals surface area contributed by atoms with Gasteiger partial charge in [-0.2, -0.15) is 11.8 Å². The molecule has 0 aliphatic rings. The number of alkyl halides is 1. The van der Waals surface area contributed by atoms with Gasteiger partial charge >= 0.3 is 0 Å². The van der Waals surface area contributed by atoms with E-state index in [2.05, 4.69) is 6.92 Å². The van der Waals surface area contributed by atoms with E-state index in [1.54, 1.807) is 12.1 Å². The first-order valence-electron chi connectivity index (χ1n) is 5.43. The maximum absolute atomic E-state index is 6.08. The fourth-order valence-electron chi connectivity index (χ4n) is 1.35. The fraction of sp³-hybridized carbons (Fsp3) is 0.500. The number of thioether (sulfide) groups is 1. The highest BCUT2D eigenvalue weighted by Crippen LogP contribution is 2.33. The largest absolute Gasteiger partial charge is 0.492 e. The average molecular weight is 314 g/mol. The minimum absolute atomic E-state index is 0.347. The van der Waals surface area contributed by atoms with Crippen molar-refractivity contribution in [3.8, 4) is 5.75 Å². The molecule has 1 aromatic carbocycles. The molecule has 1 rings (SSSR count). The maximum atomic E-state index is 6.08. The van der Waals surface area contributed by atoms with Crippen LogP contribution in [0.25, 0.3) is 0 Å². The van der Waals surface area contributed by atoms with Crippen LogP contribution in [0.15, 0.2) is 12.1 Å². The Morgan fingerprint density at radius 3 is 2.71 bits per heavy atom. The monoisotopic (exact) mass is 312 g/mol. The molecule has 0 fully saturated rings. The highest BCUT2D eigenvalue weighted by molar-refractivity contribution is 7.99. The smallest absolute Gasteiger partial charge is 0.142 e. The van der Waals surface area contributed by atoms with Gasteiger partial charge in [-0.15, -0.1) is 11.6 Å². The number of halogens is 3. The van der Waals surface area contributed by atoms with Gasteiger partial charge in [-0.25, -0.2) is 0 Å². The van der Waals surface area contributed by atoms with Gasteiger partial charge < -0.3 is 4.74 Å². The van der Waals surface area contributed by atoms with Gasteiger partial charge in [0.2, 0.25) is 0 Å². The van der Waals surface area contributed by atoms with Crippen LogP contribution in [0, 0.1) is 0 Å². The molecule has 0 saturated heterocycles. The molecule has 1 aromatic rings. The molecular formula is C12H15Cl3OS. The number of benzene rings is 1. The summed E-state index contributed by atoms with van der Waals surface area (Å²) in [4.78, 5) is 0. The van der Waals surface area contributed by atoms with E-state index in [1.165, 1.54) is 0 Å². The van der Waals surface area contributed by atoms with Gasteiger partial charge in [0.1, 0.15) is 5.75 Å². The second-order valence-corrected chi connectivity index (χ2v) is 5.91. The number of hydrogen-bond donors (Lipinski definition) is 0. The van der Waals surface area contributed by atoms with Crippen LogP contribution in [-0.2, 0) is 5.88 Å². The Balaban J connectivity index is 2.57. The fourth-order valence-corrected chi connectivity index (χ4v) is 2.75. The molecule has 1 nitrogen and oxygen atoms in total. The summed E-state index contributed by atoms with van der Waals surface area (Å²) >= 11 is 19.7. The zero-order valence-corrected chi connectivity index (χ0v) is 12.7. The van der Waals surface area contributed by atoms with Crippen molar-refractivity contribution in [3.63, 3.8) is 0 Å². The standard InChI is InChI=1S/C12H15Cl3OS/c1-2-17-5-3-4-16-12-9(8-13)6-10(14)7-11(12)15/h6-7H,2-5,8H2,1H3. The Bertz CT molecular complexity index is 358. The van der Waals surface area contributed by atoms with Gasteiger partial charge in [-0.1, -0.05) is 30.1 Å². The Hall–Kier alpha value is 0.240. The SMILES string of the molecule is CCSCCCOc1c(Cl)cc(Cl)cc1CCl. The van der Waals surface area contributed by atoms with Gasteiger partial charge in [-0.05, 0) is 30.1 Å². The van der Waals surface area contributed by atoms with E-state index < -0.39 is 0 Å². The van der Waals surface area contributed by atoms with Crippen LogP contribution in [-0.4, -0.2) is 18.1 Å². The first kappa shape index (κ1) is 15.3. The molecule has 0 N–H and O–H groups in total. The van der Waals surface area contributed by atoms with Gasteiger partial charge in [0, 0.05) is 10.6 Å². The van der Waals surface area contributed by atoms with Crippen LogP contribution < -0.4 is 4.74 Å². The van der Waals surface area contributed by atoms with E-state index in [0.29, 0.717) is 28.3 Å². The summed E-state index contributed by atoms with van der Waals surface area (Å²) in [6.07, 6.45) is 0.999. The van der Waals surface area contributed by atoms with Crippen molar-refractivity contribution >= 4 is 46.6 Å². The van der Waals surface area contributed by atoms with Crippen molar-refractivity contribution in [1.29, 1.82) is 0 Å². The van der Waals surface area contributed by atoms with Crippen molar-refractivity contribution in [1.82, 2.24) is 0 Å². The third-order valence-electron chi connectivity index (χ3n) is 2.11. The average Bonchev–Trinajstić information content (AvgIpc) is 2.30. The Kier molecular flexibility index (Phi) is 7.52. The topological polar surface area (TPSA) is 9.23 Å². The predicted octanol–water partition coefficient (Wildman–Crippen LogP) is 5.25. The molecule has 0 heterocycles. The van der Waals surface area contributed by atoms with E-state index in [9.17, 15) is 0 Å². The number of rotatable bonds is 7. The molecule has 0 radical (unpaired) electrons. The minimum atomic E-state index is 0.347. The summed E-state index contributed by atoms with van der Waals surface area (Å²) in [5, 5.41) is 1.11. The first-order valence-corrected chi connectivity index (χ1v) is 7.88. The van der Waals surface area contributed by atoms with E-state index in [0.717, 1.165) is 23.5 Å². The van der Waals surface area contributed by atoms with E-state index in [1.807, 2.05) is 11.8 Å². The lowest BCUT2D eigenvalue weighted by atomic mass is 10.2. The van der Waals surface area contributed by atoms with Crippen molar-refractivity contribution < 1.29 is 4.74 Å². The summed E-state index contributed by atoms with van der Waals surface area (Å²) in [7, 11) is 0. The quantitative estimate of drug-likeness (QED) is 0.502. The third kappa shape index (κ3) is 5.17. The highest BCUT2D eigenvalue weighted by atomic mass is 35.5. The molecular weight excluding hydrogens is 299 g/mol. The van der Waals surface area contributed by atoms with Gasteiger partial charge in [0.05, 0.1) is 17.5 Å². The number of ether oxygens (including phenoxy) is 1. The zero-order chi connectivity index (χ0) is 12.7. The van der Waals surface area contributed by atoms with Gasteiger partial charge in [0.25, 0.3) is 0 Å². The summed E-state index contributed by atoms with van der Waals surface area (Å²) in [5.41, 5.74) is 0.840. The number of hydrogen-bond acceptors (Lipinski definition) is 2. The van der Waals surface area contributed by atoms with E-state index >= 15 is 0 Å². The van der Waals surface area contributed by atoms with Crippen LogP contribution in [0.1, 0.15) is 18.9 Å². The molecule has 17 heavy (non-hydrogen) atoms. The van der Waals surface area contributed by atoms with E-state index in [-0.39, 0.29) is 0 Å². The van der Waals surface area contributed by atoms with Gasteiger partial charge in [0.15, 0.2) is 0 Å². The molecule has 0 aliphatic heterocycles. The van der Waals surface area contributed by atoms with Crippen LogP contribution in [0.4, 0.5) is 0 Å². The molecule has 0 unspecified atom stereocenters. The van der Waals surface area contributed by atoms with E-state index in [4.69, 9.17) is 39.5 Å². The summed E-state index contributed by atoms with van der Waals surface area (Å²) in [5.74, 6) is 3.24. The Morgan fingerprint density at radius 1 is 1.29 bits per heavy atom. The molecule has 0 atom stereocenters. The normalized spacial score (nSPS) is 10.6. The predicted molar refractivity (Wildman–Crippen MR) is 79.1 cm³/mol. The molecule has 96 valence electrons. The Morgan fingerprint density at radius 2 is 2.06 bits per heavy atom. The lowest BCUT2D eigenvalue weighted by Crippen LogP contribution is -2.01. The molecule has 5 heteroatoms. The summed E-state index contributed by atoms with van der Waals surface area (Å²) in [6.45, 7) is 2.80. The summed E-state index contributed by atoms with van der Waals surface area (Å²) in [6, 6.07) is 3.46. The molecule has 0 bridgehead atoms. The highest BCUT2D eigenvalue weighted by Gasteiger charge is 2.09. The van der Waals surface area contributed by atoms with Crippen molar-refractivity contribution in [2.45, 2.75) is 19.2 Å². The van der Waals surface area contributed by atoms with Crippen molar-refractivity contribution in [2.24, 2.45) is 0 Å². The molecule has 0 saturated carbocycles. The second kappa shape index (κ2) is 8.36. The minimum Gasteiger partial charge on any atom is -0.492 e. The lowest BCUT2D eigenvalue weighted by molar-refractivity contribution is 0.316. The van der Waals surface area contributed by atoms with Crippen LogP contribution >= 0.6 is 46.6 Å². The molecule has 0 spiro atoms. The van der Waals surface area contributed by atoms with Crippen LogP contribution in [0.3, 0.4) is 0 Å². The second-order valence-electron chi connectivity index (χ2n) is 3.41. The molecule has 0 aliphatic carbocycles. The third-order valence-corrected chi connectivity index (χ3v) is 3.89. The molecule has 0 aromatic heterocycles. The zero-order valence-electron chi connectivity index (χ0n) is 9.64. The summed E-state index contributed by atoms with van der Waals surface area (Å²) < 4.78 is 5.67.